The molecule has 1 heterocycles. The maximum Gasteiger partial charge on any atom is 0.0247 e. The fourth-order valence-corrected chi connectivity index (χ4v) is 3.56. The molecule has 100 valence electrons. The molecule has 0 bridgehead atoms. The molecule has 0 aromatic heterocycles. The minimum atomic E-state index is 0.398. The molecule has 2 rings (SSSR count). The van der Waals surface area contributed by atoms with E-state index < -0.39 is 0 Å². The van der Waals surface area contributed by atoms with Crippen molar-refractivity contribution in [3.63, 3.8) is 0 Å². The van der Waals surface area contributed by atoms with E-state index in [1.165, 1.54) is 58.0 Å². The first-order valence-corrected chi connectivity index (χ1v) is 7.34. The molecule has 0 radical (unpaired) electrons. The van der Waals surface area contributed by atoms with Gasteiger partial charge in [0.25, 0.3) is 0 Å². The highest BCUT2D eigenvalue weighted by molar-refractivity contribution is 4.88. The zero-order valence-electron chi connectivity index (χ0n) is 11.6. The monoisotopic (exact) mass is 239 g/mol. The van der Waals surface area contributed by atoms with Gasteiger partial charge in [0.1, 0.15) is 0 Å². The van der Waals surface area contributed by atoms with Gasteiger partial charge < -0.3 is 10.6 Å². The third-order valence-electron chi connectivity index (χ3n) is 4.73. The summed E-state index contributed by atoms with van der Waals surface area (Å²) in [5.41, 5.74) is 6.37. The van der Waals surface area contributed by atoms with Gasteiger partial charge >= 0.3 is 0 Å². The van der Waals surface area contributed by atoms with E-state index in [-0.39, 0.29) is 0 Å². The first-order chi connectivity index (χ1) is 8.18. The van der Waals surface area contributed by atoms with E-state index >= 15 is 0 Å². The van der Waals surface area contributed by atoms with Crippen molar-refractivity contribution in [1.82, 2.24) is 9.80 Å². The van der Waals surface area contributed by atoms with Crippen molar-refractivity contribution in [3.8, 4) is 0 Å². The molecule has 3 heteroatoms. The van der Waals surface area contributed by atoms with Crippen LogP contribution < -0.4 is 5.73 Å². The Morgan fingerprint density at radius 3 is 2.59 bits per heavy atom. The molecule has 17 heavy (non-hydrogen) atoms. The van der Waals surface area contributed by atoms with Gasteiger partial charge in [0.15, 0.2) is 0 Å². The van der Waals surface area contributed by atoms with Gasteiger partial charge in [-0.2, -0.15) is 0 Å². The van der Waals surface area contributed by atoms with Crippen LogP contribution in [0.1, 0.15) is 44.9 Å². The summed E-state index contributed by atoms with van der Waals surface area (Å²) >= 11 is 0. The molecule has 3 atom stereocenters. The minimum absolute atomic E-state index is 0.398. The summed E-state index contributed by atoms with van der Waals surface area (Å²) in [4.78, 5) is 5.07. The van der Waals surface area contributed by atoms with E-state index in [2.05, 4.69) is 23.9 Å². The predicted octanol–water partition coefficient (Wildman–Crippen LogP) is 1.67. The minimum Gasteiger partial charge on any atom is -0.326 e. The molecule has 0 aromatic carbocycles. The zero-order chi connectivity index (χ0) is 12.3. The number of nitrogens with two attached hydrogens (primary N) is 1. The summed E-state index contributed by atoms with van der Waals surface area (Å²) in [7, 11) is 4.55. The Labute approximate surface area is 106 Å². The predicted molar refractivity (Wildman–Crippen MR) is 73.1 cm³/mol. The zero-order valence-corrected chi connectivity index (χ0v) is 11.6. The number of hydrogen-bond acceptors (Lipinski definition) is 3. The van der Waals surface area contributed by atoms with Crippen LogP contribution in [-0.4, -0.2) is 55.1 Å². The highest BCUT2D eigenvalue weighted by Gasteiger charge is 2.30. The van der Waals surface area contributed by atoms with Gasteiger partial charge in [-0.1, -0.05) is 19.3 Å². The van der Waals surface area contributed by atoms with Crippen LogP contribution in [0.25, 0.3) is 0 Å². The molecule has 1 aliphatic heterocycles. The summed E-state index contributed by atoms with van der Waals surface area (Å²) in [5.74, 6) is 0. The van der Waals surface area contributed by atoms with Crippen molar-refractivity contribution in [2.45, 2.75) is 63.1 Å². The lowest BCUT2D eigenvalue weighted by Crippen LogP contribution is -2.54. The van der Waals surface area contributed by atoms with Gasteiger partial charge in [0, 0.05) is 24.7 Å². The Balaban J connectivity index is 1.94. The van der Waals surface area contributed by atoms with Crippen LogP contribution >= 0.6 is 0 Å². The molecule has 0 amide bonds. The molecule has 0 aromatic rings. The van der Waals surface area contributed by atoms with Crippen LogP contribution in [0.15, 0.2) is 0 Å². The molecule has 2 aliphatic rings. The topological polar surface area (TPSA) is 32.5 Å². The van der Waals surface area contributed by atoms with E-state index in [9.17, 15) is 0 Å². The van der Waals surface area contributed by atoms with Crippen LogP contribution in [-0.2, 0) is 0 Å². The Kier molecular flexibility index (Phi) is 4.83. The molecular formula is C14H29N3. The maximum absolute atomic E-state index is 6.37. The second-order valence-corrected chi connectivity index (χ2v) is 6.09. The Bertz CT molecular complexity index is 232. The van der Waals surface area contributed by atoms with Gasteiger partial charge in [-0.25, -0.2) is 0 Å². The van der Waals surface area contributed by atoms with E-state index in [1.54, 1.807) is 0 Å². The van der Waals surface area contributed by atoms with Crippen LogP contribution in [0.3, 0.4) is 0 Å². The van der Waals surface area contributed by atoms with Gasteiger partial charge in [0.2, 0.25) is 0 Å². The third-order valence-corrected chi connectivity index (χ3v) is 4.73. The SMILES string of the molecule is CN1CCCC(N(C)C2CCCCCC2N)C1. The van der Waals surface area contributed by atoms with E-state index in [0.717, 1.165) is 6.04 Å². The average molecular weight is 239 g/mol. The number of nitrogens with zero attached hydrogens (tertiary/aromatic N) is 2. The highest BCUT2D eigenvalue weighted by atomic mass is 15.2. The van der Waals surface area contributed by atoms with Crippen LogP contribution in [0, 0.1) is 0 Å². The summed E-state index contributed by atoms with van der Waals surface area (Å²) in [6, 6.07) is 1.74. The fraction of sp³-hybridized carbons (Fsp3) is 1.00. The van der Waals surface area contributed by atoms with Crippen LogP contribution in [0.4, 0.5) is 0 Å². The van der Waals surface area contributed by atoms with Crippen molar-refractivity contribution in [2.24, 2.45) is 5.73 Å². The van der Waals surface area contributed by atoms with Crippen LogP contribution in [0.5, 0.6) is 0 Å². The lowest BCUT2D eigenvalue weighted by molar-refractivity contribution is 0.0838. The molecule has 0 spiro atoms. The third kappa shape index (κ3) is 3.43. The first-order valence-electron chi connectivity index (χ1n) is 7.34. The lowest BCUT2D eigenvalue weighted by Gasteiger charge is -2.41. The molecule has 1 saturated heterocycles. The number of hydrogen-bond donors (Lipinski definition) is 1. The molecule has 2 N–H and O–H groups in total. The maximum atomic E-state index is 6.37. The Hall–Kier alpha value is -0.120. The second kappa shape index (κ2) is 6.17. The van der Waals surface area contributed by atoms with Gasteiger partial charge in [-0.15, -0.1) is 0 Å². The summed E-state index contributed by atoms with van der Waals surface area (Å²) < 4.78 is 0. The second-order valence-electron chi connectivity index (χ2n) is 6.09. The molecule has 3 unspecified atom stereocenters. The van der Waals surface area contributed by atoms with Crippen molar-refractivity contribution in [1.29, 1.82) is 0 Å². The van der Waals surface area contributed by atoms with E-state index in [4.69, 9.17) is 5.73 Å². The standard InChI is InChI=1S/C14H29N3/c1-16-10-6-7-12(11-16)17(2)14-9-5-3-4-8-13(14)15/h12-14H,3-11,15H2,1-2H3. The van der Waals surface area contributed by atoms with E-state index in [1.807, 2.05) is 0 Å². The fourth-order valence-electron chi connectivity index (χ4n) is 3.56. The van der Waals surface area contributed by atoms with Crippen molar-refractivity contribution in [3.05, 3.63) is 0 Å². The highest BCUT2D eigenvalue weighted by Crippen LogP contribution is 2.24. The first kappa shape index (κ1) is 13.3. The molecule has 2 fully saturated rings. The molecule has 1 aliphatic carbocycles. The smallest absolute Gasteiger partial charge is 0.0247 e. The number of likely N-dealkylation sites (N-methyl/N-ethyl adjacent to an activating group) is 2. The molecule has 3 nitrogen and oxygen atoms in total. The van der Waals surface area contributed by atoms with Crippen LogP contribution in [0.2, 0.25) is 0 Å². The Morgan fingerprint density at radius 2 is 1.82 bits per heavy atom. The normalized spacial score (nSPS) is 37.1. The number of rotatable bonds is 2. The molecular weight excluding hydrogens is 210 g/mol. The largest absolute Gasteiger partial charge is 0.326 e. The Morgan fingerprint density at radius 1 is 1.06 bits per heavy atom. The van der Waals surface area contributed by atoms with Crippen molar-refractivity contribution < 1.29 is 0 Å². The number of likely N-dealkylation sites (tertiary alicyclic amines) is 1. The van der Waals surface area contributed by atoms with Gasteiger partial charge in [0.05, 0.1) is 0 Å². The summed E-state index contributed by atoms with van der Waals surface area (Å²) in [6.07, 6.45) is 9.29. The quantitative estimate of drug-likeness (QED) is 0.744. The summed E-state index contributed by atoms with van der Waals surface area (Å²) in [5, 5.41) is 0. The van der Waals surface area contributed by atoms with Gasteiger partial charge in [-0.3, -0.25) is 4.90 Å². The summed E-state index contributed by atoms with van der Waals surface area (Å²) in [6.45, 7) is 2.49. The van der Waals surface area contributed by atoms with Gasteiger partial charge in [-0.05, 0) is 46.3 Å². The molecule has 1 saturated carbocycles. The number of piperidine rings is 1. The van der Waals surface area contributed by atoms with E-state index in [0.29, 0.717) is 12.1 Å². The average Bonchev–Trinajstić information content (AvgIpc) is 2.53. The van der Waals surface area contributed by atoms with Crippen molar-refractivity contribution in [2.75, 3.05) is 27.2 Å². The lowest BCUT2D eigenvalue weighted by atomic mass is 9.97. The van der Waals surface area contributed by atoms with Crippen molar-refractivity contribution >= 4 is 0 Å².